The minimum Gasteiger partial charge on any atom is -0.342 e. The molecule has 2 rings (SSSR count). The Labute approximate surface area is 149 Å². The van der Waals surface area contributed by atoms with Gasteiger partial charge in [-0.25, -0.2) is 12.7 Å². The zero-order chi connectivity index (χ0) is 18.4. The summed E-state index contributed by atoms with van der Waals surface area (Å²) in [5.41, 5.74) is 0.351. The summed E-state index contributed by atoms with van der Waals surface area (Å²) >= 11 is 0. The van der Waals surface area contributed by atoms with Gasteiger partial charge in [0.1, 0.15) is 0 Å². The van der Waals surface area contributed by atoms with Gasteiger partial charge in [-0.05, 0) is 24.6 Å². The Morgan fingerprint density at radius 1 is 1.24 bits per heavy atom. The molecule has 1 fully saturated rings. The van der Waals surface area contributed by atoms with Crippen molar-refractivity contribution in [1.29, 1.82) is 0 Å². The maximum atomic E-state index is 12.6. The molecule has 0 N–H and O–H groups in total. The maximum Gasteiger partial charge on any atom is 0.254 e. The van der Waals surface area contributed by atoms with Gasteiger partial charge in [0.2, 0.25) is 16.4 Å². The van der Waals surface area contributed by atoms with Gasteiger partial charge in [0.25, 0.3) is 5.91 Å². The highest BCUT2D eigenvalue weighted by Crippen LogP contribution is 2.18. The van der Waals surface area contributed by atoms with Gasteiger partial charge in [-0.1, -0.05) is 19.4 Å². The van der Waals surface area contributed by atoms with Crippen LogP contribution in [0, 0.1) is 0 Å². The van der Waals surface area contributed by atoms with Crippen LogP contribution in [0.4, 0.5) is 0 Å². The molecule has 0 aromatic heterocycles. The molecule has 1 aromatic carbocycles. The lowest BCUT2D eigenvalue weighted by molar-refractivity contribution is -0.119. The molecule has 8 heteroatoms. The highest BCUT2D eigenvalue weighted by molar-refractivity contribution is 7.89. The third-order valence-corrected chi connectivity index (χ3v) is 6.22. The van der Waals surface area contributed by atoms with Crippen molar-refractivity contribution in [2.75, 3.05) is 39.8 Å². The van der Waals surface area contributed by atoms with E-state index in [1.54, 1.807) is 29.0 Å². The Balaban J connectivity index is 2.15. The second kappa shape index (κ2) is 8.44. The van der Waals surface area contributed by atoms with Crippen LogP contribution < -0.4 is 0 Å². The van der Waals surface area contributed by atoms with Crippen LogP contribution in [0.3, 0.4) is 0 Å². The molecule has 1 saturated heterocycles. The summed E-state index contributed by atoms with van der Waals surface area (Å²) < 4.78 is 26.6. The van der Waals surface area contributed by atoms with Crippen LogP contribution in [0.1, 0.15) is 30.1 Å². The van der Waals surface area contributed by atoms with E-state index >= 15 is 0 Å². The number of unbranched alkanes of at least 4 members (excludes halogenated alkanes) is 1. The van der Waals surface area contributed by atoms with Crippen molar-refractivity contribution < 1.29 is 18.0 Å². The Morgan fingerprint density at radius 3 is 2.52 bits per heavy atom. The fraction of sp³-hybridized carbons (Fsp3) is 0.529. The second-order valence-corrected chi connectivity index (χ2v) is 8.19. The molecule has 0 saturated carbocycles. The first-order valence-electron chi connectivity index (χ1n) is 8.45. The van der Waals surface area contributed by atoms with Crippen molar-refractivity contribution in [3.63, 3.8) is 0 Å². The van der Waals surface area contributed by atoms with Gasteiger partial charge < -0.3 is 9.80 Å². The number of hydrogen-bond acceptors (Lipinski definition) is 4. The lowest BCUT2D eigenvalue weighted by atomic mass is 10.2. The molecule has 1 heterocycles. The van der Waals surface area contributed by atoms with Crippen LogP contribution in [-0.2, 0) is 14.8 Å². The molecular weight excluding hydrogens is 342 g/mol. The number of nitrogens with zero attached hydrogens (tertiary/aromatic N) is 3. The normalized spacial score (nSPS) is 15.5. The van der Waals surface area contributed by atoms with Gasteiger partial charge in [0, 0.05) is 45.3 Å². The largest absolute Gasteiger partial charge is 0.342 e. The third-order valence-electron chi connectivity index (χ3n) is 4.37. The van der Waals surface area contributed by atoms with Gasteiger partial charge in [0.05, 0.1) is 4.90 Å². The SMILES string of the molecule is CCCCN(C)S(=O)(=O)c1cccc(C(=O)N2CCN(C=O)CC2)c1. The predicted octanol–water partition coefficient (Wildman–Crippen LogP) is 1.02. The maximum absolute atomic E-state index is 12.6. The zero-order valence-corrected chi connectivity index (χ0v) is 15.5. The molecule has 138 valence electrons. The van der Waals surface area contributed by atoms with Gasteiger partial charge in [-0.3, -0.25) is 9.59 Å². The average Bonchev–Trinajstić information content (AvgIpc) is 2.65. The smallest absolute Gasteiger partial charge is 0.254 e. The van der Waals surface area contributed by atoms with Gasteiger partial charge in [-0.2, -0.15) is 0 Å². The van der Waals surface area contributed by atoms with Crippen LogP contribution in [0.15, 0.2) is 29.2 Å². The molecule has 0 radical (unpaired) electrons. The zero-order valence-electron chi connectivity index (χ0n) is 14.7. The van der Waals surface area contributed by atoms with E-state index in [0.29, 0.717) is 38.3 Å². The predicted molar refractivity (Wildman–Crippen MR) is 94.7 cm³/mol. The molecule has 0 bridgehead atoms. The highest BCUT2D eigenvalue weighted by atomic mass is 32.2. The first-order chi connectivity index (χ1) is 11.9. The van der Waals surface area contributed by atoms with E-state index in [-0.39, 0.29) is 10.8 Å². The van der Waals surface area contributed by atoms with Crippen LogP contribution >= 0.6 is 0 Å². The molecule has 1 aliphatic rings. The third kappa shape index (κ3) is 4.58. The Bertz CT molecular complexity index is 712. The number of carbonyl (C=O) groups excluding carboxylic acids is 2. The van der Waals surface area contributed by atoms with Gasteiger partial charge in [-0.15, -0.1) is 0 Å². The first-order valence-corrected chi connectivity index (χ1v) is 9.89. The van der Waals surface area contributed by atoms with Crippen LogP contribution in [-0.4, -0.2) is 74.6 Å². The molecule has 0 atom stereocenters. The minimum atomic E-state index is -3.60. The van der Waals surface area contributed by atoms with Crippen molar-refractivity contribution in [2.45, 2.75) is 24.7 Å². The Hall–Kier alpha value is -1.93. The fourth-order valence-electron chi connectivity index (χ4n) is 2.68. The lowest BCUT2D eigenvalue weighted by Gasteiger charge is -2.32. The van der Waals surface area contributed by atoms with Gasteiger partial charge in [0.15, 0.2) is 0 Å². The van der Waals surface area contributed by atoms with Crippen LogP contribution in [0.5, 0.6) is 0 Å². The van der Waals surface area contributed by atoms with E-state index in [2.05, 4.69) is 0 Å². The number of rotatable bonds is 7. The van der Waals surface area contributed by atoms with Crippen LogP contribution in [0.2, 0.25) is 0 Å². The lowest BCUT2D eigenvalue weighted by Crippen LogP contribution is -2.48. The first kappa shape index (κ1) is 19.4. The van der Waals surface area contributed by atoms with E-state index in [1.807, 2.05) is 6.92 Å². The van der Waals surface area contributed by atoms with E-state index in [0.717, 1.165) is 19.3 Å². The number of amides is 2. The van der Waals surface area contributed by atoms with Crippen molar-refractivity contribution in [3.05, 3.63) is 29.8 Å². The van der Waals surface area contributed by atoms with E-state index < -0.39 is 10.0 Å². The quantitative estimate of drug-likeness (QED) is 0.674. The summed E-state index contributed by atoms with van der Waals surface area (Å²) in [5.74, 6) is -0.209. The molecular formula is C17H25N3O4S. The molecule has 0 spiro atoms. The van der Waals surface area contributed by atoms with E-state index in [1.165, 1.54) is 16.4 Å². The molecule has 25 heavy (non-hydrogen) atoms. The summed E-state index contributed by atoms with van der Waals surface area (Å²) in [4.78, 5) is 26.8. The average molecular weight is 367 g/mol. The second-order valence-electron chi connectivity index (χ2n) is 6.14. The number of carbonyl (C=O) groups is 2. The van der Waals surface area contributed by atoms with Crippen LogP contribution in [0.25, 0.3) is 0 Å². The summed E-state index contributed by atoms with van der Waals surface area (Å²) in [7, 11) is -2.05. The number of sulfonamides is 1. The minimum absolute atomic E-state index is 0.128. The monoisotopic (exact) mass is 367 g/mol. The number of benzene rings is 1. The topological polar surface area (TPSA) is 78.0 Å². The number of hydrogen-bond donors (Lipinski definition) is 0. The molecule has 1 aromatic rings. The van der Waals surface area contributed by atoms with E-state index in [9.17, 15) is 18.0 Å². The Kier molecular flexibility index (Phi) is 6.55. The molecule has 1 aliphatic heterocycles. The summed E-state index contributed by atoms with van der Waals surface area (Å²) in [6, 6.07) is 6.17. The van der Waals surface area contributed by atoms with E-state index in [4.69, 9.17) is 0 Å². The van der Waals surface area contributed by atoms with Crippen molar-refractivity contribution >= 4 is 22.3 Å². The Morgan fingerprint density at radius 2 is 1.92 bits per heavy atom. The fourth-order valence-corrected chi connectivity index (χ4v) is 3.94. The molecule has 0 aliphatic carbocycles. The molecule has 7 nitrogen and oxygen atoms in total. The van der Waals surface area contributed by atoms with Crippen molar-refractivity contribution in [3.8, 4) is 0 Å². The summed E-state index contributed by atoms with van der Waals surface area (Å²) in [6.45, 7) is 4.34. The summed E-state index contributed by atoms with van der Waals surface area (Å²) in [6.07, 6.45) is 2.47. The van der Waals surface area contributed by atoms with Crippen molar-refractivity contribution in [1.82, 2.24) is 14.1 Å². The summed E-state index contributed by atoms with van der Waals surface area (Å²) in [5, 5.41) is 0. The van der Waals surface area contributed by atoms with Crippen molar-refractivity contribution in [2.24, 2.45) is 0 Å². The molecule has 0 unspecified atom stereocenters. The standard InChI is InChI=1S/C17H25N3O4S/c1-3-4-8-18(2)25(23,24)16-7-5-6-15(13-16)17(22)20-11-9-19(14-21)10-12-20/h5-7,13-14H,3-4,8-12H2,1-2H3. The highest BCUT2D eigenvalue weighted by Gasteiger charge is 2.24. The number of piperazine rings is 1. The molecule has 2 amide bonds. The van der Waals surface area contributed by atoms with Gasteiger partial charge >= 0.3 is 0 Å².